The van der Waals surface area contributed by atoms with E-state index in [1.807, 2.05) is 0 Å². The van der Waals surface area contributed by atoms with Crippen molar-refractivity contribution in [2.45, 2.75) is 49.9 Å². The minimum Gasteiger partial charge on any atom is -0.395 e. The predicted octanol–water partition coefficient (Wildman–Crippen LogP) is -0.788. The highest BCUT2D eigenvalue weighted by atomic mass is 16.3. The van der Waals surface area contributed by atoms with Crippen LogP contribution < -0.4 is 10.6 Å². The molecule has 82 valence electrons. The SMILES string of the molecule is OC[C@@H]1CC[C@@H]([C@@H]2CC[C@@H](CO)N2)N1. The lowest BCUT2D eigenvalue weighted by Gasteiger charge is -2.21. The first-order valence-corrected chi connectivity index (χ1v) is 5.57. The maximum absolute atomic E-state index is 9.00. The molecule has 0 saturated carbocycles. The fourth-order valence-electron chi connectivity index (χ4n) is 2.62. The third kappa shape index (κ3) is 2.08. The molecule has 4 heteroatoms. The fraction of sp³-hybridized carbons (Fsp3) is 1.00. The van der Waals surface area contributed by atoms with E-state index in [2.05, 4.69) is 10.6 Å². The Morgan fingerprint density at radius 3 is 1.50 bits per heavy atom. The molecule has 2 rings (SSSR count). The molecule has 0 radical (unpaired) electrons. The Hall–Kier alpha value is -0.160. The van der Waals surface area contributed by atoms with Crippen LogP contribution in [0.3, 0.4) is 0 Å². The molecule has 0 aromatic heterocycles. The maximum atomic E-state index is 9.00. The minimum absolute atomic E-state index is 0.243. The molecule has 0 amide bonds. The standard InChI is InChI=1S/C10H20N2O2/c13-5-7-1-3-9(11-7)10-4-2-8(6-14)12-10/h7-14H,1-6H2/t7-,8-,9-,10-/m0/s1. The molecule has 2 aliphatic rings. The van der Waals surface area contributed by atoms with Gasteiger partial charge in [-0.3, -0.25) is 0 Å². The van der Waals surface area contributed by atoms with E-state index in [0.717, 1.165) is 25.7 Å². The lowest BCUT2D eigenvalue weighted by Crippen LogP contribution is -2.46. The van der Waals surface area contributed by atoms with Crippen molar-refractivity contribution in [3.8, 4) is 0 Å². The Kier molecular flexibility index (Phi) is 3.38. The highest BCUT2D eigenvalue weighted by molar-refractivity contribution is 4.96. The Bertz CT molecular complexity index is 169. The average molecular weight is 200 g/mol. The Balaban J connectivity index is 1.80. The largest absolute Gasteiger partial charge is 0.395 e. The van der Waals surface area contributed by atoms with Gasteiger partial charge in [-0.05, 0) is 25.7 Å². The van der Waals surface area contributed by atoms with E-state index in [0.29, 0.717) is 12.1 Å². The maximum Gasteiger partial charge on any atom is 0.0584 e. The number of hydrogen-bond acceptors (Lipinski definition) is 4. The second-order valence-corrected chi connectivity index (χ2v) is 4.46. The molecule has 0 aromatic rings. The summed E-state index contributed by atoms with van der Waals surface area (Å²) < 4.78 is 0. The van der Waals surface area contributed by atoms with Gasteiger partial charge < -0.3 is 20.8 Å². The van der Waals surface area contributed by atoms with Gasteiger partial charge in [0.2, 0.25) is 0 Å². The number of aliphatic hydroxyl groups is 2. The van der Waals surface area contributed by atoms with Crippen LogP contribution in [0.25, 0.3) is 0 Å². The first-order valence-electron chi connectivity index (χ1n) is 5.57. The quantitative estimate of drug-likeness (QED) is 0.482. The molecule has 2 heterocycles. The van der Waals surface area contributed by atoms with E-state index in [1.54, 1.807) is 0 Å². The van der Waals surface area contributed by atoms with Crippen molar-refractivity contribution in [3.63, 3.8) is 0 Å². The van der Waals surface area contributed by atoms with Crippen molar-refractivity contribution >= 4 is 0 Å². The van der Waals surface area contributed by atoms with E-state index in [9.17, 15) is 0 Å². The van der Waals surface area contributed by atoms with Crippen LogP contribution in [-0.2, 0) is 0 Å². The van der Waals surface area contributed by atoms with Crippen LogP contribution in [0.1, 0.15) is 25.7 Å². The number of nitrogens with one attached hydrogen (secondary N) is 2. The smallest absolute Gasteiger partial charge is 0.0584 e. The van der Waals surface area contributed by atoms with Gasteiger partial charge >= 0.3 is 0 Å². The summed E-state index contributed by atoms with van der Waals surface area (Å²) in [7, 11) is 0. The first kappa shape index (κ1) is 10.4. The van der Waals surface area contributed by atoms with Crippen LogP contribution in [0.2, 0.25) is 0 Å². The average Bonchev–Trinajstić information content (AvgIpc) is 2.86. The topological polar surface area (TPSA) is 64.5 Å². The van der Waals surface area contributed by atoms with Crippen molar-refractivity contribution in [3.05, 3.63) is 0 Å². The molecule has 2 aliphatic heterocycles. The zero-order valence-electron chi connectivity index (χ0n) is 8.45. The van der Waals surface area contributed by atoms with Gasteiger partial charge in [0.1, 0.15) is 0 Å². The van der Waals surface area contributed by atoms with Gasteiger partial charge in [-0.25, -0.2) is 0 Å². The monoisotopic (exact) mass is 200 g/mol. The van der Waals surface area contributed by atoms with Gasteiger partial charge in [-0.2, -0.15) is 0 Å². The second-order valence-electron chi connectivity index (χ2n) is 4.46. The molecular formula is C10H20N2O2. The third-order valence-corrected chi connectivity index (χ3v) is 3.48. The molecular weight excluding hydrogens is 180 g/mol. The third-order valence-electron chi connectivity index (χ3n) is 3.48. The van der Waals surface area contributed by atoms with Crippen LogP contribution in [-0.4, -0.2) is 47.6 Å². The summed E-state index contributed by atoms with van der Waals surface area (Å²) >= 11 is 0. The van der Waals surface area contributed by atoms with E-state index < -0.39 is 0 Å². The zero-order valence-corrected chi connectivity index (χ0v) is 8.45. The molecule has 4 N–H and O–H groups in total. The van der Waals surface area contributed by atoms with Crippen LogP contribution in [0.4, 0.5) is 0 Å². The predicted molar refractivity (Wildman–Crippen MR) is 54.1 cm³/mol. The van der Waals surface area contributed by atoms with Gasteiger partial charge in [0.05, 0.1) is 13.2 Å². The summed E-state index contributed by atoms with van der Waals surface area (Å²) in [6, 6.07) is 1.55. The van der Waals surface area contributed by atoms with Gasteiger partial charge in [-0.1, -0.05) is 0 Å². The van der Waals surface area contributed by atoms with Crippen molar-refractivity contribution < 1.29 is 10.2 Å². The summed E-state index contributed by atoms with van der Waals surface area (Å²) in [6.45, 7) is 0.485. The van der Waals surface area contributed by atoms with Gasteiger partial charge in [0, 0.05) is 24.2 Å². The van der Waals surface area contributed by atoms with Crippen LogP contribution in [0, 0.1) is 0 Å². The van der Waals surface area contributed by atoms with Crippen molar-refractivity contribution in [1.29, 1.82) is 0 Å². The second kappa shape index (κ2) is 4.57. The number of rotatable bonds is 3. The normalized spacial score (nSPS) is 43.3. The minimum atomic E-state index is 0.243. The Labute approximate surface area is 84.7 Å². The van der Waals surface area contributed by atoms with Crippen molar-refractivity contribution in [2.75, 3.05) is 13.2 Å². The van der Waals surface area contributed by atoms with Gasteiger partial charge in [0.25, 0.3) is 0 Å². The molecule has 0 bridgehead atoms. The van der Waals surface area contributed by atoms with Gasteiger partial charge in [-0.15, -0.1) is 0 Å². The highest BCUT2D eigenvalue weighted by Crippen LogP contribution is 2.22. The Morgan fingerprint density at radius 2 is 1.21 bits per heavy atom. The van der Waals surface area contributed by atoms with E-state index in [1.165, 1.54) is 0 Å². The Morgan fingerprint density at radius 1 is 0.786 bits per heavy atom. The number of hydrogen-bond donors (Lipinski definition) is 4. The highest BCUT2D eigenvalue weighted by Gasteiger charge is 2.34. The molecule has 0 unspecified atom stereocenters. The van der Waals surface area contributed by atoms with E-state index >= 15 is 0 Å². The molecule has 0 aromatic carbocycles. The molecule has 0 spiro atoms. The first-order chi connectivity index (χ1) is 6.83. The van der Waals surface area contributed by atoms with Crippen molar-refractivity contribution in [2.24, 2.45) is 0 Å². The van der Waals surface area contributed by atoms with Crippen LogP contribution in [0.15, 0.2) is 0 Å². The summed E-state index contributed by atoms with van der Waals surface area (Å²) in [5, 5.41) is 24.9. The molecule has 2 fully saturated rings. The van der Waals surface area contributed by atoms with Crippen LogP contribution in [0.5, 0.6) is 0 Å². The van der Waals surface area contributed by atoms with Crippen LogP contribution >= 0.6 is 0 Å². The fourth-order valence-corrected chi connectivity index (χ4v) is 2.62. The molecule has 14 heavy (non-hydrogen) atoms. The van der Waals surface area contributed by atoms with Crippen molar-refractivity contribution in [1.82, 2.24) is 10.6 Å². The summed E-state index contributed by atoms with van der Waals surface area (Å²) in [5.74, 6) is 0. The number of aliphatic hydroxyl groups excluding tert-OH is 2. The molecule has 4 atom stereocenters. The lowest BCUT2D eigenvalue weighted by atomic mass is 10.0. The molecule has 2 saturated heterocycles. The summed E-state index contributed by atoms with van der Waals surface area (Å²) in [5.41, 5.74) is 0. The van der Waals surface area contributed by atoms with E-state index in [-0.39, 0.29) is 25.3 Å². The summed E-state index contributed by atoms with van der Waals surface area (Å²) in [6.07, 6.45) is 4.42. The lowest BCUT2D eigenvalue weighted by molar-refractivity contribution is 0.240. The summed E-state index contributed by atoms with van der Waals surface area (Å²) in [4.78, 5) is 0. The molecule has 0 aliphatic carbocycles. The van der Waals surface area contributed by atoms with E-state index in [4.69, 9.17) is 10.2 Å². The zero-order chi connectivity index (χ0) is 9.97. The molecule has 4 nitrogen and oxygen atoms in total. The van der Waals surface area contributed by atoms with Gasteiger partial charge in [0.15, 0.2) is 0 Å².